The zero-order valence-electron chi connectivity index (χ0n) is 10.8. The molecule has 2 aromatic carbocycles. The van der Waals surface area contributed by atoms with Crippen molar-refractivity contribution in [1.29, 1.82) is 0 Å². The van der Waals surface area contributed by atoms with E-state index in [1.165, 1.54) is 10.6 Å². The fraction of sp³-hybridized carbons (Fsp3) is 0.125. The Balaban J connectivity index is 0.00000180. The zero-order chi connectivity index (χ0) is 12.6. The number of benzene rings is 2. The molecule has 3 heteroatoms. The first-order valence-electron chi connectivity index (χ1n) is 6.08. The van der Waals surface area contributed by atoms with E-state index >= 15 is 0 Å². The number of aliphatic hydroxyl groups is 1. The smallest absolute Gasteiger partial charge is 0.0465 e. The molecule has 0 fully saturated rings. The predicted octanol–water partition coefficient (Wildman–Crippen LogP) is 2.63. The summed E-state index contributed by atoms with van der Waals surface area (Å²) in [7, 11) is -0.454. The molecular formula is C16H17BOP. The van der Waals surface area contributed by atoms with Gasteiger partial charge in [-0.2, -0.15) is 0 Å². The van der Waals surface area contributed by atoms with Gasteiger partial charge in [-0.15, -0.1) is 0 Å². The molecule has 0 bridgehead atoms. The molecule has 0 saturated carbocycles. The van der Waals surface area contributed by atoms with E-state index in [4.69, 9.17) is 5.11 Å². The van der Waals surface area contributed by atoms with Crippen molar-refractivity contribution < 1.29 is 5.11 Å². The van der Waals surface area contributed by atoms with Crippen LogP contribution in [0.15, 0.2) is 72.6 Å². The highest BCUT2D eigenvalue weighted by Gasteiger charge is 2.08. The summed E-state index contributed by atoms with van der Waals surface area (Å²) in [6, 6.07) is 21.1. The topological polar surface area (TPSA) is 20.2 Å². The lowest BCUT2D eigenvalue weighted by molar-refractivity contribution is 0.302. The summed E-state index contributed by atoms with van der Waals surface area (Å²) in [4.78, 5) is 0. The Bertz CT molecular complexity index is 445. The van der Waals surface area contributed by atoms with E-state index in [1.54, 1.807) is 0 Å². The highest BCUT2D eigenvalue weighted by Crippen LogP contribution is 2.34. The third kappa shape index (κ3) is 4.67. The molecule has 1 nitrogen and oxygen atoms in total. The van der Waals surface area contributed by atoms with Gasteiger partial charge in [0.05, 0.1) is 0 Å². The Hall–Kier alpha value is -1.37. The first-order chi connectivity index (χ1) is 8.92. The molecule has 0 aromatic heterocycles. The molecule has 1 N–H and O–H groups in total. The molecule has 0 aliphatic heterocycles. The van der Waals surface area contributed by atoms with Crippen molar-refractivity contribution >= 4 is 26.9 Å². The summed E-state index contributed by atoms with van der Waals surface area (Å²) in [6.07, 6.45) is 2.80. The minimum Gasteiger partial charge on any atom is -0.396 e. The van der Waals surface area contributed by atoms with Gasteiger partial charge in [0.1, 0.15) is 0 Å². The fourth-order valence-electron chi connectivity index (χ4n) is 1.75. The molecule has 3 radical (unpaired) electrons. The lowest BCUT2D eigenvalue weighted by atomic mass is 10.4. The van der Waals surface area contributed by atoms with Crippen LogP contribution in [0.1, 0.15) is 6.42 Å². The average Bonchev–Trinajstić information content (AvgIpc) is 2.46. The van der Waals surface area contributed by atoms with E-state index in [9.17, 15) is 0 Å². The molecule has 0 saturated heterocycles. The van der Waals surface area contributed by atoms with Gasteiger partial charge in [-0.05, 0) is 25.0 Å². The molecule has 0 aliphatic carbocycles. The largest absolute Gasteiger partial charge is 0.396 e. The maximum atomic E-state index is 8.88. The number of rotatable bonds is 5. The highest BCUT2D eigenvalue weighted by molar-refractivity contribution is 7.75. The molecule has 0 heterocycles. The summed E-state index contributed by atoms with van der Waals surface area (Å²) < 4.78 is 0. The van der Waals surface area contributed by atoms with E-state index in [2.05, 4.69) is 60.4 Å². The minimum atomic E-state index is -0.454. The Morgan fingerprint density at radius 2 is 1.32 bits per heavy atom. The molecule has 0 unspecified atom stereocenters. The van der Waals surface area contributed by atoms with Crippen LogP contribution in [0.2, 0.25) is 0 Å². The maximum absolute atomic E-state index is 8.88. The summed E-state index contributed by atoms with van der Waals surface area (Å²) in [5.41, 5.74) is 0. The minimum absolute atomic E-state index is 0. The Morgan fingerprint density at radius 1 is 0.842 bits per heavy atom. The van der Waals surface area contributed by atoms with Crippen LogP contribution < -0.4 is 10.6 Å². The van der Waals surface area contributed by atoms with Crippen LogP contribution in [0.4, 0.5) is 0 Å². The zero-order valence-corrected chi connectivity index (χ0v) is 11.7. The summed E-state index contributed by atoms with van der Waals surface area (Å²) in [5.74, 6) is 2.23. The Kier molecular flexibility index (Phi) is 7.17. The molecule has 0 atom stereocenters. The van der Waals surface area contributed by atoms with E-state index in [1.807, 2.05) is 12.1 Å². The van der Waals surface area contributed by atoms with Crippen molar-refractivity contribution in [1.82, 2.24) is 0 Å². The van der Waals surface area contributed by atoms with Crippen LogP contribution in [0.5, 0.6) is 0 Å². The molecule has 95 valence electrons. The Morgan fingerprint density at radius 3 is 1.74 bits per heavy atom. The van der Waals surface area contributed by atoms with E-state index in [-0.39, 0.29) is 15.0 Å². The maximum Gasteiger partial charge on any atom is 0.0465 e. The number of hydrogen-bond donors (Lipinski definition) is 1. The van der Waals surface area contributed by atoms with Gasteiger partial charge >= 0.3 is 0 Å². The third-order valence-electron chi connectivity index (χ3n) is 2.62. The summed E-state index contributed by atoms with van der Waals surface area (Å²) in [6.45, 7) is 0.212. The van der Waals surface area contributed by atoms with Crippen LogP contribution in [-0.2, 0) is 0 Å². The third-order valence-corrected chi connectivity index (χ3v) is 4.84. The first-order valence-corrected chi connectivity index (χ1v) is 7.50. The lowest BCUT2D eigenvalue weighted by Gasteiger charge is -2.14. The van der Waals surface area contributed by atoms with Crippen LogP contribution in [0.3, 0.4) is 0 Å². The van der Waals surface area contributed by atoms with Crippen molar-refractivity contribution in [2.75, 3.05) is 6.61 Å². The van der Waals surface area contributed by atoms with Gasteiger partial charge in [0.2, 0.25) is 0 Å². The second kappa shape index (κ2) is 8.69. The van der Waals surface area contributed by atoms with Gasteiger partial charge in [-0.25, -0.2) is 0 Å². The van der Waals surface area contributed by atoms with E-state index < -0.39 is 7.92 Å². The highest BCUT2D eigenvalue weighted by atomic mass is 31.1. The summed E-state index contributed by atoms with van der Waals surface area (Å²) >= 11 is 0. The normalized spacial score (nSPS) is 10.6. The first kappa shape index (κ1) is 15.7. The second-order valence-corrected chi connectivity index (χ2v) is 6.01. The van der Waals surface area contributed by atoms with Gasteiger partial charge in [-0.3, -0.25) is 0 Å². The van der Waals surface area contributed by atoms with Gasteiger partial charge in [0, 0.05) is 15.0 Å². The van der Waals surface area contributed by atoms with Crippen molar-refractivity contribution in [3.63, 3.8) is 0 Å². The van der Waals surface area contributed by atoms with E-state index in [0.29, 0.717) is 0 Å². The van der Waals surface area contributed by atoms with Crippen LogP contribution in [0.25, 0.3) is 0 Å². The SMILES string of the molecule is OCC/C=C/P(c1ccccc1)c1ccccc1.[B]. The molecule has 0 spiro atoms. The van der Waals surface area contributed by atoms with Crippen molar-refractivity contribution in [3.8, 4) is 0 Å². The van der Waals surface area contributed by atoms with Crippen molar-refractivity contribution in [2.24, 2.45) is 0 Å². The van der Waals surface area contributed by atoms with Crippen LogP contribution in [-0.4, -0.2) is 20.1 Å². The van der Waals surface area contributed by atoms with Gasteiger partial charge < -0.3 is 5.11 Å². The van der Waals surface area contributed by atoms with E-state index in [0.717, 1.165) is 6.42 Å². The van der Waals surface area contributed by atoms with Crippen molar-refractivity contribution in [3.05, 3.63) is 72.6 Å². The summed E-state index contributed by atoms with van der Waals surface area (Å²) in [5, 5.41) is 11.6. The average molecular weight is 267 g/mol. The van der Waals surface area contributed by atoms with Gasteiger partial charge in [-0.1, -0.05) is 72.6 Å². The Labute approximate surface area is 118 Å². The van der Waals surface area contributed by atoms with Gasteiger partial charge in [0.25, 0.3) is 0 Å². The molecule has 0 aliphatic rings. The van der Waals surface area contributed by atoms with Crippen LogP contribution in [0, 0.1) is 0 Å². The molecule has 2 rings (SSSR count). The molecule has 0 amide bonds. The van der Waals surface area contributed by atoms with Gasteiger partial charge in [0.15, 0.2) is 0 Å². The number of aliphatic hydroxyl groups excluding tert-OH is 1. The number of hydrogen-bond acceptors (Lipinski definition) is 1. The monoisotopic (exact) mass is 267 g/mol. The lowest BCUT2D eigenvalue weighted by Crippen LogP contribution is -2.09. The second-order valence-electron chi connectivity index (χ2n) is 3.94. The molecular weight excluding hydrogens is 250 g/mol. The van der Waals surface area contributed by atoms with Crippen molar-refractivity contribution in [2.45, 2.75) is 6.42 Å². The fourth-order valence-corrected chi connectivity index (χ4v) is 3.74. The molecule has 19 heavy (non-hydrogen) atoms. The molecule has 2 aromatic rings. The standard InChI is InChI=1S/C16H17OP.B/c17-13-7-8-14-18(15-9-3-1-4-10-15)16-11-5-2-6-12-16;/h1-6,8-12,14,17H,7,13H2;/b14-8+;. The quantitative estimate of drug-likeness (QED) is 0.652. The van der Waals surface area contributed by atoms with Crippen LogP contribution >= 0.6 is 7.92 Å². The predicted molar refractivity (Wildman–Crippen MR) is 85.7 cm³/mol.